The quantitative estimate of drug-likeness (QED) is 0.575. The van der Waals surface area contributed by atoms with Crippen molar-refractivity contribution in [3.8, 4) is 11.5 Å². The van der Waals surface area contributed by atoms with Gasteiger partial charge in [-0.05, 0) is 24.3 Å². The lowest BCUT2D eigenvalue weighted by Crippen LogP contribution is -2.58. The summed E-state index contributed by atoms with van der Waals surface area (Å²) in [5.41, 5.74) is 2.90. The highest BCUT2D eigenvalue weighted by Gasteiger charge is 2.27. The van der Waals surface area contributed by atoms with Crippen LogP contribution in [0.1, 0.15) is 39.5 Å². The van der Waals surface area contributed by atoms with Crippen molar-refractivity contribution in [3.05, 3.63) is 48.5 Å². The molecule has 0 N–H and O–H groups in total. The summed E-state index contributed by atoms with van der Waals surface area (Å²) in [6.07, 6.45) is 6.65. The van der Waals surface area contributed by atoms with E-state index in [1.807, 2.05) is 0 Å². The van der Waals surface area contributed by atoms with E-state index in [1.165, 1.54) is 49.2 Å². The highest BCUT2D eigenvalue weighted by molar-refractivity contribution is 7.02. The third kappa shape index (κ3) is 4.59. The van der Waals surface area contributed by atoms with Gasteiger partial charge < -0.3 is 9.47 Å². The van der Waals surface area contributed by atoms with Crippen LogP contribution in [0.2, 0.25) is 12.6 Å². The van der Waals surface area contributed by atoms with Crippen molar-refractivity contribution in [3.63, 3.8) is 0 Å². The minimum absolute atomic E-state index is 0.764. The van der Waals surface area contributed by atoms with Gasteiger partial charge in [-0.3, -0.25) is 0 Å². The van der Waals surface area contributed by atoms with Gasteiger partial charge in [0.05, 0.1) is 20.4 Å². The first-order chi connectivity index (χ1) is 12.2. The average Bonchev–Trinajstić information content (AvgIpc) is 2.69. The number of benzene rings is 2. The summed E-state index contributed by atoms with van der Waals surface area (Å²) in [5, 5.41) is 0. The Morgan fingerprint density at radius 1 is 0.640 bits per heavy atom. The van der Waals surface area contributed by atoms with E-state index in [1.54, 1.807) is 14.2 Å². The normalized spacial score (nSPS) is 11.4. The molecule has 0 unspecified atom stereocenters. The van der Waals surface area contributed by atoms with Crippen molar-refractivity contribution in [2.24, 2.45) is 0 Å². The highest BCUT2D eigenvalue weighted by atomic mass is 16.5. The third-order valence-electron chi connectivity index (χ3n) is 5.61. The van der Waals surface area contributed by atoms with Crippen LogP contribution in [-0.4, -0.2) is 20.4 Å². The Morgan fingerprint density at radius 3 is 1.28 bits per heavy atom. The van der Waals surface area contributed by atoms with Crippen molar-refractivity contribution in [1.82, 2.24) is 0 Å². The molecular weight excluding hydrogens is 307 g/mol. The minimum Gasteiger partial charge on any atom is -0.497 e. The Bertz CT molecular complexity index is 562. The van der Waals surface area contributed by atoms with Gasteiger partial charge in [0, 0.05) is 0 Å². The summed E-state index contributed by atoms with van der Waals surface area (Å²) in [6, 6.07) is 17.5. The van der Waals surface area contributed by atoms with E-state index in [-0.39, 0.29) is 0 Å². The van der Waals surface area contributed by atoms with Gasteiger partial charge in [0.1, 0.15) is 11.5 Å². The van der Waals surface area contributed by atoms with Crippen LogP contribution in [-0.2, 0) is 0 Å². The van der Waals surface area contributed by atoms with Gasteiger partial charge in [-0.15, -0.1) is 0 Å². The molecule has 0 aromatic heterocycles. The Kier molecular flexibility index (Phi) is 7.42. The molecule has 2 aromatic rings. The molecule has 25 heavy (non-hydrogen) atoms. The summed E-state index contributed by atoms with van der Waals surface area (Å²) in [4.78, 5) is 0. The van der Waals surface area contributed by atoms with Crippen molar-refractivity contribution >= 4 is 17.1 Å². The maximum atomic E-state index is 5.37. The van der Waals surface area contributed by atoms with E-state index in [4.69, 9.17) is 9.47 Å². The van der Waals surface area contributed by atoms with Crippen molar-refractivity contribution in [2.45, 2.75) is 52.2 Å². The van der Waals surface area contributed by atoms with Crippen LogP contribution in [0.4, 0.5) is 0 Å². The second-order valence-electron chi connectivity index (χ2n) is 7.08. The first-order valence-electron chi connectivity index (χ1n) is 9.68. The van der Waals surface area contributed by atoms with E-state index in [9.17, 15) is 0 Å². The highest BCUT2D eigenvalue weighted by Crippen LogP contribution is 2.24. The molecule has 0 radical (unpaired) electrons. The van der Waals surface area contributed by atoms with Gasteiger partial charge in [-0.25, -0.2) is 10.9 Å². The predicted molar refractivity (Wildman–Crippen MR) is 110 cm³/mol. The Labute approximate surface area is 153 Å². The Morgan fingerprint density at radius 2 is 1.00 bits per heavy atom. The zero-order valence-electron chi connectivity index (χ0n) is 16.3. The molecule has 0 saturated heterocycles. The SMILES string of the molecule is CCCC[B-](CCCC)(c1ccc(OC)cc1)c1ccc(OC)cc1. The third-order valence-corrected chi connectivity index (χ3v) is 5.61. The molecule has 0 atom stereocenters. The fourth-order valence-electron chi connectivity index (χ4n) is 4.05. The minimum atomic E-state index is -0.764. The second kappa shape index (κ2) is 9.55. The van der Waals surface area contributed by atoms with Crippen LogP contribution in [0.3, 0.4) is 0 Å². The zero-order chi connectivity index (χ0) is 18.1. The molecule has 0 spiro atoms. The van der Waals surface area contributed by atoms with Crippen LogP contribution in [0.15, 0.2) is 48.5 Å². The lowest BCUT2D eigenvalue weighted by Gasteiger charge is -2.42. The van der Waals surface area contributed by atoms with Crippen LogP contribution in [0.5, 0.6) is 11.5 Å². The molecule has 136 valence electrons. The predicted octanol–water partition coefficient (Wildman–Crippen LogP) is 4.87. The number of ether oxygens (including phenoxy) is 2. The van der Waals surface area contributed by atoms with E-state index in [0.717, 1.165) is 11.5 Å². The Balaban J connectivity index is 2.51. The molecule has 0 fully saturated rings. The molecule has 0 aliphatic heterocycles. The number of rotatable bonds is 10. The van der Waals surface area contributed by atoms with Crippen LogP contribution < -0.4 is 20.4 Å². The first kappa shape index (κ1) is 19.4. The van der Waals surface area contributed by atoms with E-state index < -0.39 is 6.15 Å². The Hall–Kier alpha value is -1.90. The molecule has 0 amide bonds. The molecule has 2 nitrogen and oxygen atoms in total. The van der Waals surface area contributed by atoms with Crippen molar-refractivity contribution < 1.29 is 9.47 Å². The van der Waals surface area contributed by atoms with E-state index in [0.29, 0.717) is 0 Å². The standard InChI is InChI=1S/C22H32BO2/c1-5-7-17-23(18-8-6-2,19-9-13-21(24-3)14-10-19)20-11-15-22(25-4)16-12-20/h9-16H,5-8,17-18H2,1-4H3/q-1. The molecule has 2 rings (SSSR count). The fraction of sp³-hybridized carbons (Fsp3) is 0.455. The maximum absolute atomic E-state index is 5.37. The van der Waals surface area contributed by atoms with Gasteiger partial charge in [-0.1, -0.05) is 63.8 Å². The molecule has 0 saturated carbocycles. The molecule has 0 heterocycles. The number of hydrogen-bond donors (Lipinski definition) is 0. The molecule has 0 aliphatic rings. The second-order valence-corrected chi connectivity index (χ2v) is 7.08. The average molecular weight is 339 g/mol. The number of methoxy groups -OCH3 is 2. The van der Waals surface area contributed by atoms with Crippen LogP contribution in [0, 0.1) is 0 Å². The van der Waals surface area contributed by atoms with E-state index in [2.05, 4.69) is 62.4 Å². The lowest BCUT2D eigenvalue weighted by molar-refractivity contribution is 0.415. The van der Waals surface area contributed by atoms with Crippen molar-refractivity contribution in [1.29, 1.82) is 0 Å². The molecule has 3 heteroatoms. The molecule has 0 aliphatic carbocycles. The summed E-state index contributed by atoms with van der Waals surface area (Å²) >= 11 is 0. The monoisotopic (exact) mass is 339 g/mol. The van der Waals surface area contributed by atoms with E-state index >= 15 is 0 Å². The number of hydrogen-bond acceptors (Lipinski definition) is 2. The summed E-state index contributed by atoms with van der Waals surface area (Å²) in [6.45, 7) is 4.56. The van der Waals surface area contributed by atoms with Gasteiger partial charge in [0.2, 0.25) is 0 Å². The lowest BCUT2D eigenvalue weighted by atomic mass is 9.15. The van der Waals surface area contributed by atoms with Crippen molar-refractivity contribution in [2.75, 3.05) is 14.2 Å². The topological polar surface area (TPSA) is 18.5 Å². The van der Waals surface area contributed by atoms with Gasteiger partial charge in [0.25, 0.3) is 0 Å². The van der Waals surface area contributed by atoms with Crippen LogP contribution in [0.25, 0.3) is 0 Å². The summed E-state index contributed by atoms with van der Waals surface area (Å²) < 4.78 is 10.7. The van der Waals surface area contributed by atoms with Gasteiger partial charge in [0.15, 0.2) is 0 Å². The molecule has 2 aromatic carbocycles. The van der Waals surface area contributed by atoms with Gasteiger partial charge >= 0.3 is 0 Å². The van der Waals surface area contributed by atoms with Gasteiger partial charge in [-0.2, -0.15) is 12.6 Å². The summed E-state index contributed by atoms with van der Waals surface area (Å²) in [5.74, 6) is 1.85. The number of unbranched alkanes of at least 4 members (excludes halogenated alkanes) is 2. The largest absolute Gasteiger partial charge is 0.497 e. The first-order valence-corrected chi connectivity index (χ1v) is 9.68. The fourth-order valence-corrected chi connectivity index (χ4v) is 4.05. The molecule has 0 bridgehead atoms. The molecular formula is C22H32BO2-. The van der Waals surface area contributed by atoms with Crippen LogP contribution >= 0.6 is 0 Å². The maximum Gasteiger partial charge on any atom is 0.118 e. The smallest absolute Gasteiger partial charge is 0.118 e. The zero-order valence-corrected chi connectivity index (χ0v) is 16.3. The summed E-state index contributed by atoms with van der Waals surface area (Å²) in [7, 11) is 3.45.